The van der Waals surface area contributed by atoms with Crippen molar-refractivity contribution in [2.45, 2.75) is 35.8 Å². The zero-order chi connectivity index (χ0) is 26.6. The SMILES string of the molecule is CC1(CC(O)c2ccccc2)CN(c2ccc(OCc3ccccc3)cc2)CCN1S(=O)(=O)c1cccs1. The Morgan fingerprint density at radius 2 is 1.61 bits per heavy atom. The van der Waals surface area contributed by atoms with Crippen LogP contribution in [0.2, 0.25) is 0 Å². The summed E-state index contributed by atoms with van der Waals surface area (Å²) in [5.74, 6) is 0.777. The first-order valence-electron chi connectivity index (χ1n) is 12.7. The minimum Gasteiger partial charge on any atom is -0.489 e. The molecule has 6 nitrogen and oxygen atoms in total. The highest BCUT2D eigenvalue weighted by atomic mass is 32.2. The standard InChI is InChI=1S/C30H32N2O4S2/c1-30(21-28(33)25-11-6-3-7-12-25)23-31(18-19-32(30)38(34,35)29-13-8-20-37-29)26-14-16-27(17-15-26)36-22-24-9-4-2-5-10-24/h2-17,20,28,33H,18-19,21-23H2,1H3. The maximum absolute atomic E-state index is 13.7. The second-order valence-electron chi connectivity index (χ2n) is 9.83. The van der Waals surface area contributed by atoms with Crippen molar-refractivity contribution in [2.24, 2.45) is 0 Å². The zero-order valence-corrected chi connectivity index (χ0v) is 22.9. The number of aliphatic hydroxyl groups is 1. The van der Waals surface area contributed by atoms with Gasteiger partial charge in [0.15, 0.2) is 0 Å². The third-order valence-corrected chi connectivity index (χ3v) is 10.4. The van der Waals surface area contributed by atoms with Gasteiger partial charge < -0.3 is 14.7 Å². The molecule has 8 heteroatoms. The van der Waals surface area contributed by atoms with E-state index in [1.807, 2.05) is 91.9 Å². The molecular weight excluding hydrogens is 516 g/mol. The molecule has 0 spiro atoms. The van der Waals surface area contributed by atoms with E-state index in [2.05, 4.69) is 4.90 Å². The number of ether oxygens (including phenoxy) is 1. The molecule has 1 aliphatic rings. The van der Waals surface area contributed by atoms with Gasteiger partial charge in [-0.3, -0.25) is 0 Å². The van der Waals surface area contributed by atoms with Crippen LogP contribution in [-0.2, 0) is 16.6 Å². The number of sulfonamides is 1. The van der Waals surface area contributed by atoms with Gasteiger partial charge in [0.1, 0.15) is 16.6 Å². The van der Waals surface area contributed by atoms with Gasteiger partial charge >= 0.3 is 0 Å². The van der Waals surface area contributed by atoms with Gasteiger partial charge in [0.25, 0.3) is 10.0 Å². The monoisotopic (exact) mass is 548 g/mol. The molecule has 0 bridgehead atoms. The molecule has 0 aliphatic carbocycles. The van der Waals surface area contributed by atoms with Gasteiger partial charge in [-0.25, -0.2) is 8.42 Å². The van der Waals surface area contributed by atoms with E-state index in [0.717, 1.165) is 22.6 Å². The van der Waals surface area contributed by atoms with Crippen LogP contribution >= 0.6 is 11.3 Å². The van der Waals surface area contributed by atoms with Crippen LogP contribution in [0.4, 0.5) is 5.69 Å². The molecule has 1 aliphatic heterocycles. The topological polar surface area (TPSA) is 70.1 Å². The minimum absolute atomic E-state index is 0.274. The summed E-state index contributed by atoms with van der Waals surface area (Å²) in [4.78, 5) is 2.19. The predicted molar refractivity (Wildman–Crippen MR) is 152 cm³/mol. The van der Waals surface area contributed by atoms with Gasteiger partial charge in [0.2, 0.25) is 0 Å². The summed E-state index contributed by atoms with van der Waals surface area (Å²) in [5, 5.41) is 12.9. The lowest BCUT2D eigenvalue weighted by atomic mass is 9.88. The highest BCUT2D eigenvalue weighted by molar-refractivity contribution is 7.91. The van der Waals surface area contributed by atoms with Crippen molar-refractivity contribution < 1.29 is 18.3 Å². The molecule has 2 heterocycles. The van der Waals surface area contributed by atoms with Gasteiger partial charge in [-0.15, -0.1) is 11.3 Å². The molecule has 5 rings (SSSR count). The van der Waals surface area contributed by atoms with Crippen LogP contribution in [0.5, 0.6) is 5.75 Å². The lowest BCUT2D eigenvalue weighted by molar-refractivity contribution is 0.0807. The Labute approximate surface area is 228 Å². The number of aliphatic hydroxyl groups excluding tert-OH is 1. The highest BCUT2D eigenvalue weighted by Crippen LogP contribution is 2.38. The zero-order valence-electron chi connectivity index (χ0n) is 21.3. The highest BCUT2D eigenvalue weighted by Gasteiger charge is 2.46. The lowest BCUT2D eigenvalue weighted by Crippen LogP contribution is -2.62. The normalized spacial score (nSPS) is 19.3. The van der Waals surface area contributed by atoms with Crippen molar-refractivity contribution in [3.05, 3.63) is 114 Å². The van der Waals surface area contributed by atoms with Gasteiger partial charge in [-0.2, -0.15) is 4.31 Å². The van der Waals surface area contributed by atoms with Crippen molar-refractivity contribution in [1.29, 1.82) is 0 Å². The fourth-order valence-electron chi connectivity index (χ4n) is 5.07. The Morgan fingerprint density at radius 3 is 2.26 bits per heavy atom. The second kappa shape index (κ2) is 11.3. The van der Waals surface area contributed by atoms with Crippen LogP contribution in [0.25, 0.3) is 0 Å². The molecular formula is C30H32N2O4S2. The summed E-state index contributed by atoms with van der Waals surface area (Å²) >= 11 is 1.22. The number of piperazine rings is 1. The maximum atomic E-state index is 13.7. The molecule has 4 aromatic rings. The summed E-state index contributed by atoms with van der Waals surface area (Å²) in [6.07, 6.45) is -0.521. The van der Waals surface area contributed by atoms with Crippen molar-refractivity contribution in [2.75, 3.05) is 24.5 Å². The Morgan fingerprint density at radius 1 is 0.921 bits per heavy atom. The molecule has 2 unspecified atom stereocenters. The third kappa shape index (κ3) is 5.78. The molecule has 0 radical (unpaired) electrons. The van der Waals surface area contributed by atoms with Gasteiger partial charge in [0.05, 0.1) is 11.6 Å². The quantitative estimate of drug-likeness (QED) is 0.290. The third-order valence-electron chi connectivity index (χ3n) is 7.01. The van der Waals surface area contributed by atoms with Gasteiger partial charge in [-0.05, 0) is 60.2 Å². The lowest BCUT2D eigenvalue weighted by Gasteiger charge is -2.49. The summed E-state index contributed by atoms with van der Waals surface area (Å²) < 4.78 is 35.2. The number of benzene rings is 3. The van der Waals surface area contributed by atoms with Crippen LogP contribution in [0.1, 0.15) is 30.6 Å². The Hall–Kier alpha value is -3.17. The summed E-state index contributed by atoms with van der Waals surface area (Å²) in [6.45, 7) is 3.75. The minimum atomic E-state index is -3.71. The van der Waals surface area contributed by atoms with Crippen LogP contribution in [-0.4, -0.2) is 43.0 Å². The smallest absolute Gasteiger partial charge is 0.253 e. The van der Waals surface area contributed by atoms with Crippen LogP contribution in [0, 0.1) is 0 Å². The van der Waals surface area contributed by atoms with Crippen molar-refractivity contribution >= 4 is 27.0 Å². The number of thiophene rings is 1. The van der Waals surface area contributed by atoms with E-state index in [1.165, 1.54) is 11.3 Å². The van der Waals surface area contributed by atoms with E-state index < -0.39 is 21.7 Å². The van der Waals surface area contributed by atoms with Crippen LogP contribution < -0.4 is 9.64 Å². The first-order valence-corrected chi connectivity index (χ1v) is 15.0. The van der Waals surface area contributed by atoms with E-state index in [9.17, 15) is 13.5 Å². The Balaban J connectivity index is 1.36. The molecule has 1 fully saturated rings. The first kappa shape index (κ1) is 26.4. The number of hydrogen-bond acceptors (Lipinski definition) is 6. The Bertz CT molecular complexity index is 1410. The number of nitrogens with zero attached hydrogens (tertiary/aromatic N) is 2. The van der Waals surface area contributed by atoms with E-state index in [0.29, 0.717) is 30.5 Å². The van der Waals surface area contributed by atoms with Crippen LogP contribution in [0.15, 0.2) is 107 Å². The molecule has 38 heavy (non-hydrogen) atoms. The summed E-state index contributed by atoms with van der Waals surface area (Å²) in [6, 6.07) is 30.8. The number of rotatable bonds is 9. The average molecular weight is 549 g/mol. The maximum Gasteiger partial charge on any atom is 0.253 e. The van der Waals surface area contributed by atoms with Crippen molar-refractivity contribution in [3.63, 3.8) is 0 Å². The van der Waals surface area contributed by atoms with E-state index in [4.69, 9.17) is 4.74 Å². The van der Waals surface area contributed by atoms with E-state index in [-0.39, 0.29) is 6.42 Å². The molecule has 0 saturated carbocycles. The van der Waals surface area contributed by atoms with Crippen molar-refractivity contribution in [3.8, 4) is 5.75 Å². The largest absolute Gasteiger partial charge is 0.489 e. The predicted octanol–water partition coefficient (Wildman–Crippen LogP) is 5.72. The molecule has 1 N–H and O–H groups in total. The van der Waals surface area contributed by atoms with Gasteiger partial charge in [0, 0.05) is 25.3 Å². The number of hydrogen-bond donors (Lipinski definition) is 1. The molecule has 1 aromatic heterocycles. The molecule has 1 saturated heterocycles. The van der Waals surface area contributed by atoms with E-state index in [1.54, 1.807) is 21.8 Å². The average Bonchev–Trinajstić information content (AvgIpc) is 3.49. The van der Waals surface area contributed by atoms with Crippen LogP contribution in [0.3, 0.4) is 0 Å². The summed E-state index contributed by atoms with van der Waals surface area (Å²) in [5.41, 5.74) is 2.04. The molecule has 0 amide bonds. The van der Waals surface area contributed by atoms with E-state index >= 15 is 0 Å². The molecule has 198 valence electrons. The fraction of sp³-hybridized carbons (Fsp3) is 0.267. The Kier molecular flexibility index (Phi) is 7.85. The fourth-order valence-corrected chi connectivity index (χ4v) is 7.94. The first-order chi connectivity index (χ1) is 18.3. The second-order valence-corrected chi connectivity index (χ2v) is 12.9. The van der Waals surface area contributed by atoms with Gasteiger partial charge in [-0.1, -0.05) is 66.7 Å². The molecule has 2 atom stereocenters. The summed E-state index contributed by atoms with van der Waals surface area (Å²) in [7, 11) is -3.71. The van der Waals surface area contributed by atoms with Crippen molar-refractivity contribution in [1.82, 2.24) is 4.31 Å². The molecule has 3 aromatic carbocycles. The number of anilines is 1.